The van der Waals surface area contributed by atoms with Gasteiger partial charge in [0.1, 0.15) is 0 Å². The van der Waals surface area contributed by atoms with Crippen LogP contribution in [0, 0.1) is 0 Å². The van der Waals surface area contributed by atoms with Crippen LogP contribution in [0.3, 0.4) is 0 Å². The molecule has 0 fully saturated rings. The molecule has 120 valence electrons. The summed E-state index contributed by atoms with van der Waals surface area (Å²) in [6, 6.07) is 5.36. The Balaban J connectivity index is 0.00000400. The normalized spacial score (nSPS) is 11.1. The van der Waals surface area contributed by atoms with Gasteiger partial charge in [0.25, 0.3) is 0 Å². The summed E-state index contributed by atoms with van der Waals surface area (Å²) in [4.78, 5) is 6.27. The molecule has 1 aromatic rings. The fourth-order valence-corrected chi connectivity index (χ4v) is 2.16. The molecule has 0 atom stereocenters. The maximum Gasteiger partial charge on any atom is 0.191 e. The Labute approximate surface area is 153 Å². The summed E-state index contributed by atoms with van der Waals surface area (Å²) in [5, 5.41) is 1.24. The number of aliphatic imine (C=N–C) groups is 1. The van der Waals surface area contributed by atoms with E-state index in [4.69, 9.17) is 33.7 Å². The Hall–Kier alpha value is -0.240. The molecular weight excluding hydrogens is 424 g/mol. The van der Waals surface area contributed by atoms with Crippen molar-refractivity contribution in [3.63, 3.8) is 0 Å². The number of rotatable bonds is 7. The first-order valence-corrected chi connectivity index (χ1v) is 7.40. The molecular formula is C14H22Cl2IN3O. The molecule has 0 saturated heterocycles. The summed E-state index contributed by atoms with van der Waals surface area (Å²) < 4.78 is 5.53. The van der Waals surface area contributed by atoms with Crippen LogP contribution in [0.25, 0.3) is 0 Å². The van der Waals surface area contributed by atoms with Crippen molar-refractivity contribution in [2.75, 3.05) is 26.2 Å². The second kappa shape index (κ2) is 11.3. The average Bonchev–Trinajstić information content (AvgIpc) is 2.42. The van der Waals surface area contributed by atoms with Crippen LogP contribution in [0.4, 0.5) is 0 Å². The molecule has 0 aliphatic rings. The van der Waals surface area contributed by atoms with Crippen molar-refractivity contribution in [2.24, 2.45) is 10.7 Å². The second-order valence-electron chi connectivity index (χ2n) is 4.20. The van der Waals surface area contributed by atoms with Crippen LogP contribution in [0.1, 0.15) is 19.4 Å². The Morgan fingerprint density at radius 3 is 2.52 bits per heavy atom. The van der Waals surface area contributed by atoms with Gasteiger partial charge in [0.2, 0.25) is 0 Å². The van der Waals surface area contributed by atoms with Crippen molar-refractivity contribution in [3.8, 4) is 0 Å². The molecule has 0 bridgehead atoms. The maximum atomic E-state index is 6.05. The molecule has 4 nitrogen and oxygen atoms in total. The van der Waals surface area contributed by atoms with Crippen molar-refractivity contribution < 1.29 is 4.74 Å². The lowest BCUT2D eigenvalue weighted by Crippen LogP contribution is -2.37. The van der Waals surface area contributed by atoms with Crippen molar-refractivity contribution in [3.05, 3.63) is 33.8 Å². The summed E-state index contributed by atoms with van der Waals surface area (Å²) >= 11 is 11.9. The van der Waals surface area contributed by atoms with E-state index in [9.17, 15) is 0 Å². The Morgan fingerprint density at radius 2 is 1.95 bits per heavy atom. The minimum Gasteiger partial charge on any atom is -0.375 e. The summed E-state index contributed by atoms with van der Waals surface area (Å²) in [6.45, 7) is 7.28. The standard InChI is InChI=1S/C14H21Cl2N3O.HI/c1-3-19(4-2)14(17)18-7-8-20-10-11-5-6-12(15)9-13(11)16;/h5-6,9H,3-4,7-8,10H2,1-2H3,(H2,17,18);1H. The van der Waals surface area contributed by atoms with E-state index in [1.54, 1.807) is 12.1 Å². The highest BCUT2D eigenvalue weighted by Crippen LogP contribution is 2.21. The van der Waals surface area contributed by atoms with Gasteiger partial charge in [0.15, 0.2) is 5.96 Å². The highest BCUT2D eigenvalue weighted by atomic mass is 127. The smallest absolute Gasteiger partial charge is 0.191 e. The van der Waals surface area contributed by atoms with Crippen molar-refractivity contribution in [1.82, 2.24) is 4.90 Å². The molecule has 0 radical (unpaired) electrons. The largest absolute Gasteiger partial charge is 0.375 e. The Kier molecular flexibility index (Phi) is 11.2. The minimum atomic E-state index is 0. The quantitative estimate of drug-likeness (QED) is 0.300. The lowest BCUT2D eigenvalue weighted by Gasteiger charge is -2.19. The molecule has 0 heterocycles. The Bertz CT molecular complexity index is 454. The molecule has 0 unspecified atom stereocenters. The minimum absolute atomic E-state index is 0. The number of benzene rings is 1. The molecule has 0 amide bonds. The van der Waals surface area contributed by atoms with Gasteiger partial charge in [-0.05, 0) is 31.5 Å². The zero-order valence-electron chi connectivity index (χ0n) is 12.3. The van der Waals surface area contributed by atoms with Gasteiger partial charge in [0.05, 0.1) is 19.8 Å². The summed E-state index contributed by atoms with van der Waals surface area (Å²) in [7, 11) is 0. The van der Waals surface area contributed by atoms with Gasteiger partial charge < -0.3 is 15.4 Å². The summed E-state index contributed by atoms with van der Waals surface area (Å²) in [5.41, 5.74) is 6.77. The van der Waals surface area contributed by atoms with E-state index in [0.717, 1.165) is 18.7 Å². The second-order valence-corrected chi connectivity index (χ2v) is 5.04. The van der Waals surface area contributed by atoms with Crippen molar-refractivity contribution in [2.45, 2.75) is 20.5 Å². The molecule has 0 aliphatic carbocycles. The van der Waals surface area contributed by atoms with E-state index in [-0.39, 0.29) is 24.0 Å². The number of ether oxygens (including phenoxy) is 1. The van der Waals surface area contributed by atoms with E-state index in [1.165, 1.54) is 0 Å². The van der Waals surface area contributed by atoms with E-state index in [1.807, 2.05) is 24.8 Å². The topological polar surface area (TPSA) is 50.8 Å². The molecule has 21 heavy (non-hydrogen) atoms. The highest BCUT2D eigenvalue weighted by molar-refractivity contribution is 14.0. The number of nitrogens with zero attached hydrogens (tertiary/aromatic N) is 2. The zero-order valence-corrected chi connectivity index (χ0v) is 16.2. The number of nitrogens with two attached hydrogens (primary N) is 1. The third-order valence-corrected chi connectivity index (χ3v) is 3.46. The molecule has 1 rings (SSSR count). The molecule has 0 spiro atoms. The zero-order chi connectivity index (χ0) is 15.0. The van der Waals surface area contributed by atoms with Crippen molar-refractivity contribution in [1.29, 1.82) is 0 Å². The van der Waals surface area contributed by atoms with Gasteiger partial charge in [-0.2, -0.15) is 0 Å². The molecule has 1 aromatic carbocycles. The first-order valence-electron chi connectivity index (χ1n) is 6.65. The lowest BCUT2D eigenvalue weighted by atomic mass is 10.2. The van der Waals surface area contributed by atoms with Gasteiger partial charge in [0, 0.05) is 23.1 Å². The Morgan fingerprint density at radius 1 is 1.29 bits per heavy atom. The molecule has 7 heteroatoms. The first-order chi connectivity index (χ1) is 9.58. The van der Waals surface area contributed by atoms with Gasteiger partial charge in [-0.25, -0.2) is 0 Å². The van der Waals surface area contributed by atoms with Gasteiger partial charge in [-0.1, -0.05) is 29.3 Å². The van der Waals surface area contributed by atoms with Gasteiger partial charge in [-0.3, -0.25) is 4.99 Å². The van der Waals surface area contributed by atoms with Crippen molar-refractivity contribution >= 4 is 53.1 Å². The van der Waals surface area contributed by atoms with E-state index in [2.05, 4.69) is 4.99 Å². The van der Waals surface area contributed by atoms with Crippen LogP contribution in [-0.4, -0.2) is 37.1 Å². The first kappa shape index (κ1) is 20.8. The van der Waals surface area contributed by atoms with Gasteiger partial charge >= 0.3 is 0 Å². The fraction of sp³-hybridized carbons (Fsp3) is 0.500. The van der Waals surface area contributed by atoms with E-state index in [0.29, 0.717) is 35.8 Å². The molecule has 2 N–H and O–H groups in total. The SMILES string of the molecule is CCN(CC)C(N)=NCCOCc1ccc(Cl)cc1Cl.I. The predicted octanol–water partition coefficient (Wildman–Crippen LogP) is 3.78. The predicted molar refractivity (Wildman–Crippen MR) is 101 cm³/mol. The lowest BCUT2D eigenvalue weighted by molar-refractivity contribution is 0.128. The molecule has 0 saturated carbocycles. The summed E-state index contributed by atoms with van der Waals surface area (Å²) in [5.74, 6) is 0.558. The molecule has 0 aliphatic heterocycles. The molecule has 0 aromatic heterocycles. The van der Waals surface area contributed by atoms with Crippen LogP contribution >= 0.6 is 47.2 Å². The van der Waals surface area contributed by atoms with Crippen LogP contribution < -0.4 is 5.73 Å². The third kappa shape index (κ3) is 7.54. The van der Waals surface area contributed by atoms with Crippen LogP contribution in [0.15, 0.2) is 23.2 Å². The number of hydrogen-bond acceptors (Lipinski definition) is 2. The van der Waals surface area contributed by atoms with Gasteiger partial charge in [-0.15, -0.1) is 24.0 Å². The average molecular weight is 446 g/mol. The highest BCUT2D eigenvalue weighted by Gasteiger charge is 2.02. The summed E-state index contributed by atoms with van der Waals surface area (Å²) in [6.07, 6.45) is 0. The number of guanidine groups is 1. The number of hydrogen-bond donors (Lipinski definition) is 1. The monoisotopic (exact) mass is 445 g/mol. The van der Waals surface area contributed by atoms with E-state index >= 15 is 0 Å². The maximum absolute atomic E-state index is 6.05. The third-order valence-electron chi connectivity index (χ3n) is 2.87. The van der Waals surface area contributed by atoms with Crippen LogP contribution in [0.5, 0.6) is 0 Å². The number of halogens is 3. The van der Waals surface area contributed by atoms with Crippen LogP contribution in [0.2, 0.25) is 10.0 Å². The van der Waals surface area contributed by atoms with E-state index < -0.39 is 0 Å². The van der Waals surface area contributed by atoms with Crippen LogP contribution in [-0.2, 0) is 11.3 Å². The fourth-order valence-electron chi connectivity index (χ4n) is 1.69.